The molecule has 2 saturated heterocycles. The fourth-order valence-electron chi connectivity index (χ4n) is 2.54. The third kappa shape index (κ3) is 2.67. The average Bonchev–Trinajstić information content (AvgIpc) is 2.61. The number of piperidine rings is 1. The summed E-state index contributed by atoms with van der Waals surface area (Å²) in [5, 5.41) is 3.49. The van der Waals surface area contributed by atoms with Crippen molar-refractivity contribution in [3.63, 3.8) is 0 Å². The highest BCUT2D eigenvalue weighted by atomic mass is 16.6. The molecule has 2 atom stereocenters. The van der Waals surface area contributed by atoms with E-state index in [0.717, 1.165) is 26.1 Å². The van der Waals surface area contributed by atoms with Gasteiger partial charge < -0.3 is 15.0 Å². The minimum Gasteiger partial charge on any atom is -0.444 e. The molecule has 16 heavy (non-hydrogen) atoms. The molecule has 0 aromatic heterocycles. The Kier molecular flexibility index (Phi) is 3.10. The van der Waals surface area contributed by atoms with Gasteiger partial charge in [0.2, 0.25) is 0 Å². The van der Waals surface area contributed by atoms with Crippen LogP contribution in [0.25, 0.3) is 0 Å². The largest absolute Gasteiger partial charge is 0.444 e. The van der Waals surface area contributed by atoms with Gasteiger partial charge in [0.1, 0.15) is 5.60 Å². The van der Waals surface area contributed by atoms with Crippen molar-refractivity contribution < 1.29 is 9.53 Å². The SMILES string of the molecule is CC(C)(C)OC(=O)N1CC[C@H]2NCC[C@@H]2C1. The highest BCUT2D eigenvalue weighted by molar-refractivity contribution is 5.68. The monoisotopic (exact) mass is 226 g/mol. The second kappa shape index (κ2) is 4.24. The van der Waals surface area contributed by atoms with Crippen LogP contribution in [0.15, 0.2) is 0 Å². The van der Waals surface area contributed by atoms with Gasteiger partial charge in [-0.05, 0) is 46.1 Å². The van der Waals surface area contributed by atoms with Gasteiger partial charge in [0, 0.05) is 19.1 Å². The van der Waals surface area contributed by atoms with Gasteiger partial charge in [0.15, 0.2) is 0 Å². The standard InChI is InChI=1S/C12H22N2O2/c1-12(2,3)16-11(15)14-7-5-10-9(8-14)4-6-13-10/h9-10,13H,4-8H2,1-3H3/t9-,10-/m1/s1. The van der Waals surface area contributed by atoms with Gasteiger partial charge in [-0.3, -0.25) is 0 Å². The zero-order valence-electron chi connectivity index (χ0n) is 10.5. The number of carbonyl (C=O) groups excluding carboxylic acids is 1. The van der Waals surface area contributed by atoms with E-state index < -0.39 is 0 Å². The van der Waals surface area contributed by atoms with Gasteiger partial charge >= 0.3 is 6.09 Å². The molecule has 2 aliphatic heterocycles. The van der Waals surface area contributed by atoms with Gasteiger partial charge in [-0.25, -0.2) is 4.79 Å². The van der Waals surface area contributed by atoms with Crippen LogP contribution >= 0.6 is 0 Å². The predicted octanol–water partition coefficient (Wildman–Crippen LogP) is 1.61. The lowest BCUT2D eigenvalue weighted by molar-refractivity contribution is 0.0157. The number of ether oxygens (including phenoxy) is 1. The summed E-state index contributed by atoms with van der Waals surface area (Å²) in [5.74, 6) is 0.626. The van der Waals surface area contributed by atoms with Crippen LogP contribution in [0.5, 0.6) is 0 Å². The fraction of sp³-hybridized carbons (Fsp3) is 0.917. The van der Waals surface area contributed by atoms with E-state index in [1.807, 2.05) is 25.7 Å². The first kappa shape index (κ1) is 11.7. The van der Waals surface area contributed by atoms with Crippen molar-refractivity contribution in [2.24, 2.45) is 5.92 Å². The summed E-state index contributed by atoms with van der Waals surface area (Å²) < 4.78 is 5.39. The molecule has 0 radical (unpaired) electrons. The smallest absolute Gasteiger partial charge is 0.410 e. The Hall–Kier alpha value is -0.770. The third-order valence-corrected chi connectivity index (χ3v) is 3.31. The lowest BCUT2D eigenvalue weighted by atomic mass is 9.94. The Bertz CT molecular complexity index is 273. The molecule has 2 rings (SSSR count). The van der Waals surface area contributed by atoms with Crippen molar-refractivity contribution in [2.45, 2.75) is 45.3 Å². The van der Waals surface area contributed by atoms with Crippen LogP contribution < -0.4 is 5.32 Å². The molecular formula is C12H22N2O2. The van der Waals surface area contributed by atoms with Gasteiger partial charge in [0.05, 0.1) is 0 Å². The first-order valence-corrected chi connectivity index (χ1v) is 6.17. The molecule has 2 aliphatic rings. The Labute approximate surface area is 97.3 Å². The van der Waals surface area contributed by atoms with E-state index in [1.165, 1.54) is 6.42 Å². The second-order valence-electron chi connectivity index (χ2n) is 5.82. The van der Waals surface area contributed by atoms with E-state index in [9.17, 15) is 4.79 Å². The molecule has 0 saturated carbocycles. The summed E-state index contributed by atoms with van der Waals surface area (Å²) in [7, 11) is 0. The maximum Gasteiger partial charge on any atom is 0.410 e. The molecule has 0 aliphatic carbocycles. The quantitative estimate of drug-likeness (QED) is 0.682. The molecular weight excluding hydrogens is 204 g/mol. The van der Waals surface area contributed by atoms with Crippen molar-refractivity contribution in [1.82, 2.24) is 10.2 Å². The second-order valence-corrected chi connectivity index (χ2v) is 5.82. The summed E-state index contributed by atoms with van der Waals surface area (Å²) in [6.45, 7) is 8.51. The molecule has 1 N–H and O–H groups in total. The van der Waals surface area contributed by atoms with Crippen molar-refractivity contribution in [2.75, 3.05) is 19.6 Å². The number of rotatable bonds is 0. The lowest BCUT2D eigenvalue weighted by Crippen LogP contribution is -2.48. The zero-order valence-corrected chi connectivity index (χ0v) is 10.5. The number of carbonyl (C=O) groups is 1. The molecule has 1 amide bonds. The Morgan fingerprint density at radius 1 is 1.38 bits per heavy atom. The van der Waals surface area contributed by atoms with Crippen molar-refractivity contribution in [3.8, 4) is 0 Å². The third-order valence-electron chi connectivity index (χ3n) is 3.31. The number of hydrogen-bond donors (Lipinski definition) is 1. The normalized spacial score (nSPS) is 30.1. The number of fused-ring (bicyclic) bond motifs is 1. The zero-order chi connectivity index (χ0) is 11.8. The van der Waals surface area contributed by atoms with E-state index >= 15 is 0 Å². The number of likely N-dealkylation sites (tertiary alicyclic amines) is 1. The molecule has 0 unspecified atom stereocenters. The molecule has 0 aromatic carbocycles. The minimum absolute atomic E-state index is 0.155. The molecule has 4 nitrogen and oxygen atoms in total. The highest BCUT2D eigenvalue weighted by Gasteiger charge is 2.35. The van der Waals surface area contributed by atoms with Crippen molar-refractivity contribution >= 4 is 6.09 Å². The summed E-state index contributed by atoms with van der Waals surface area (Å²) in [4.78, 5) is 13.7. The molecule has 92 valence electrons. The minimum atomic E-state index is -0.387. The van der Waals surface area contributed by atoms with Gasteiger partial charge in [-0.2, -0.15) is 0 Å². The number of nitrogens with one attached hydrogen (secondary N) is 1. The summed E-state index contributed by atoms with van der Waals surface area (Å²) in [6.07, 6.45) is 2.09. The predicted molar refractivity (Wildman–Crippen MR) is 62.3 cm³/mol. The van der Waals surface area contributed by atoms with E-state index in [2.05, 4.69) is 5.32 Å². The molecule has 0 bridgehead atoms. The van der Waals surface area contributed by atoms with Crippen LogP contribution in [0.3, 0.4) is 0 Å². The molecule has 2 heterocycles. The fourth-order valence-corrected chi connectivity index (χ4v) is 2.54. The van der Waals surface area contributed by atoms with Crippen LogP contribution in [0.2, 0.25) is 0 Å². The first-order valence-electron chi connectivity index (χ1n) is 6.17. The number of hydrogen-bond acceptors (Lipinski definition) is 3. The average molecular weight is 226 g/mol. The lowest BCUT2D eigenvalue weighted by Gasteiger charge is -2.35. The molecule has 4 heteroatoms. The van der Waals surface area contributed by atoms with Crippen molar-refractivity contribution in [1.29, 1.82) is 0 Å². The van der Waals surface area contributed by atoms with E-state index in [4.69, 9.17) is 4.74 Å². The van der Waals surface area contributed by atoms with Gasteiger partial charge in [-0.1, -0.05) is 0 Å². The summed E-state index contributed by atoms with van der Waals surface area (Å²) >= 11 is 0. The first-order chi connectivity index (χ1) is 7.46. The Balaban J connectivity index is 1.89. The van der Waals surface area contributed by atoms with Gasteiger partial charge in [0.25, 0.3) is 0 Å². The van der Waals surface area contributed by atoms with E-state index in [0.29, 0.717) is 12.0 Å². The topological polar surface area (TPSA) is 41.6 Å². The Morgan fingerprint density at radius 2 is 2.12 bits per heavy atom. The summed E-state index contributed by atoms with van der Waals surface area (Å²) in [6, 6.07) is 0.624. The van der Waals surface area contributed by atoms with Crippen LogP contribution in [0, 0.1) is 5.92 Å². The van der Waals surface area contributed by atoms with Crippen LogP contribution in [-0.2, 0) is 4.74 Å². The molecule has 0 aromatic rings. The van der Waals surface area contributed by atoms with E-state index in [-0.39, 0.29) is 11.7 Å². The number of nitrogens with zero attached hydrogens (tertiary/aromatic N) is 1. The van der Waals surface area contributed by atoms with Crippen LogP contribution in [0.4, 0.5) is 4.79 Å². The molecule has 2 fully saturated rings. The van der Waals surface area contributed by atoms with Crippen LogP contribution in [-0.4, -0.2) is 42.3 Å². The van der Waals surface area contributed by atoms with Crippen molar-refractivity contribution in [3.05, 3.63) is 0 Å². The maximum absolute atomic E-state index is 11.9. The number of amides is 1. The van der Waals surface area contributed by atoms with Crippen LogP contribution in [0.1, 0.15) is 33.6 Å². The van der Waals surface area contributed by atoms with E-state index in [1.54, 1.807) is 0 Å². The van der Waals surface area contributed by atoms with Gasteiger partial charge in [-0.15, -0.1) is 0 Å². The maximum atomic E-state index is 11.9. The molecule has 0 spiro atoms. The summed E-state index contributed by atoms with van der Waals surface area (Å²) in [5.41, 5.74) is -0.387. The Morgan fingerprint density at radius 3 is 2.81 bits per heavy atom. The highest BCUT2D eigenvalue weighted by Crippen LogP contribution is 2.25.